The molecular weight excluding hydrogens is 237 g/mol. The molecule has 1 heterocycles. The van der Waals surface area contributed by atoms with Crippen LogP contribution in [0.4, 0.5) is 27.9 Å². The van der Waals surface area contributed by atoms with Crippen molar-refractivity contribution in [2.45, 2.75) is 12.8 Å². The molecule has 1 N–H and O–H groups in total. The van der Waals surface area contributed by atoms with Crippen molar-refractivity contribution in [1.29, 1.82) is 0 Å². The summed E-state index contributed by atoms with van der Waals surface area (Å²) in [6.45, 7) is -3.25. The molecule has 0 fully saturated rings. The molecule has 1 rings (SSSR count). The number of hydrogen-bond acceptors (Lipinski definition) is 4. The van der Waals surface area contributed by atoms with Crippen molar-refractivity contribution >= 4 is 5.95 Å². The van der Waals surface area contributed by atoms with E-state index in [1.54, 1.807) is 0 Å². The Labute approximate surface area is 86.5 Å². The van der Waals surface area contributed by atoms with E-state index < -0.39 is 30.3 Å². The molecule has 90 valence electrons. The Morgan fingerprint density at radius 2 is 1.94 bits per heavy atom. The number of alkyl halides is 5. The summed E-state index contributed by atoms with van der Waals surface area (Å²) in [6.07, 6.45) is -4.76. The van der Waals surface area contributed by atoms with Crippen molar-refractivity contribution in [3.05, 3.63) is 11.8 Å². The zero-order chi connectivity index (χ0) is 12.3. The van der Waals surface area contributed by atoms with Gasteiger partial charge in [0.15, 0.2) is 5.69 Å². The van der Waals surface area contributed by atoms with Gasteiger partial charge in [0.2, 0.25) is 11.8 Å². The summed E-state index contributed by atoms with van der Waals surface area (Å²) in [6, 6.07) is 0.299. The van der Waals surface area contributed by atoms with E-state index in [4.69, 9.17) is 0 Å². The van der Waals surface area contributed by atoms with Gasteiger partial charge >= 0.3 is 12.8 Å². The van der Waals surface area contributed by atoms with Gasteiger partial charge in [-0.15, -0.1) is 0 Å². The maximum absolute atomic E-state index is 12.3. The van der Waals surface area contributed by atoms with Crippen LogP contribution in [0.25, 0.3) is 0 Å². The van der Waals surface area contributed by atoms with Crippen LogP contribution in [0, 0.1) is 0 Å². The van der Waals surface area contributed by atoms with Gasteiger partial charge in [0.25, 0.3) is 0 Å². The highest BCUT2D eigenvalue weighted by Gasteiger charge is 2.34. The summed E-state index contributed by atoms with van der Waals surface area (Å²) >= 11 is 0. The Hall–Kier alpha value is -1.67. The fraction of sp³-hybridized carbons (Fsp3) is 0.429. The zero-order valence-corrected chi connectivity index (χ0v) is 7.85. The van der Waals surface area contributed by atoms with Crippen LogP contribution in [0.3, 0.4) is 0 Å². The summed E-state index contributed by atoms with van der Waals surface area (Å²) in [4.78, 5) is 6.34. The number of halogens is 5. The molecule has 0 spiro atoms. The lowest BCUT2D eigenvalue weighted by Gasteiger charge is -2.10. The number of nitrogens with one attached hydrogen (secondary N) is 1. The first-order chi connectivity index (χ1) is 7.32. The first-order valence-corrected chi connectivity index (χ1v) is 3.91. The molecule has 0 aliphatic carbocycles. The van der Waals surface area contributed by atoms with Gasteiger partial charge in [-0.3, -0.25) is 0 Å². The Morgan fingerprint density at radius 3 is 2.38 bits per heavy atom. The van der Waals surface area contributed by atoms with Gasteiger partial charge in [0, 0.05) is 13.1 Å². The summed E-state index contributed by atoms with van der Waals surface area (Å²) in [7, 11) is 1.25. The second kappa shape index (κ2) is 4.45. The molecule has 1 aromatic heterocycles. The first kappa shape index (κ1) is 12.4. The topological polar surface area (TPSA) is 47.0 Å². The highest BCUT2D eigenvalue weighted by atomic mass is 19.4. The van der Waals surface area contributed by atoms with Gasteiger partial charge in [-0.05, 0) is 0 Å². The van der Waals surface area contributed by atoms with E-state index in [0.717, 1.165) is 0 Å². The van der Waals surface area contributed by atoms with Crippen molar-refractivity contribution < 1.29 is 26.7 Å². The normalized spacial score (nSPS) is 11.7. The second-order valence-electron chi connectivity index (χ2n) is 2.54. The average Bonchev–Trinajstić information content (AvgIpc) is 2.14. The van der Waals surface area contributed by atoms with E-state index in [9.17, 15) is 22.0 Å². The number of ether oxygens (including phenoxy) is 1. The molecule has 0 bridgehead atoms. The molecule has 0 unspecified atom stereocenters. The third-order valence-corrected chi connectivity index (χ3v) is 1.43. The average molecular weight is 243 g/mol. The fourth-order valence-corrected chi connectivity index (χ4v) is 0.834. The van der Waals surface area contributed by atoms with E-state index in [2.05, 4.69) is 20.0 Å². The molecule has 16 heavy (non-hydrogen) atoms. The van der Waals surface area contributed by atoms with Crippen LogP contribution >= 0.6 is 0 Å². The number of aromatic nitrogens is 2. The molecule has 1 aromatic rings. The highest BCUT2D eigenvalue weighted by Crippen LogP contribution is 2.30. The Kier molecular flexibility index (Phi) is 3.45. The standard InChI is InChI=1S/C7H6F5N3O/c1-13-6-14-3(7(10,11)12)2-4(15-6)16-5(8)9/h2,5H,1H3,(H,13,14,15). The Bertz CT molecular complexity index is 368. The van der Waals surface area contributed by atoms with Crippen LogP contribution in [0.5, 0.6) is 5.88 Å². The Morgan fingerprint density at radius 1 is 1.31 bits per heavy atom. The van der Waals surface area contributed by atoms with Crippen molar-refractivity contribution in [1.82, 2.24) is 9.97 Å². The van der Waals surface area contributed by atoms with Gasteiger partial charge < -0.3 is 10.1 Å². The number of nitrogens with zero attached hydrogens (tertiary/aromatic N) is 2. The van der Waals surface area contributed by atoms with E-state index in [0.29, 0.717) is 6.07 Å². The zero-order valence-electron chi connectivity index (χ0n) is 7.85. The van der Waals surface area contributed by atoms with E-state index >= 15 is 0 Å². The molecule has 0 radical (unpaired) electrons. The largest absolute Gasteiger partial charge is 0.433 e. The van der Waals surface area contributed by atoms with E-state index in [1.807, 2.05) is 0 Å². The maximum Gasteiger partial charge on any atom is 0.433 e. The number of rotatable bonds is 3. The van der Waals surface area contributed by atoms with E-state index in [-0.39, 0.29) is 0 Å². The van der Waals surface area contributed by atoms with E-state index in [1.165, 1.54) is 7.05 Å². The lowest BCUT2D eigenvalue weighted by Crippen LogP contribution is -2.13. The van der Waals surface area contributed by atoms with Crippen LogP contribution in [0.2, 0.25) is 0 Å². The van der Waals surface area contributed by atoms with Crippen LogP contribution in [-0.4, -0.2) is 23.6 Å². The predicted octanol–water partition coefficient (Wildman–Crippen LogP) is 2.14. The monoisotopic (exact) mass is 243 g/mol. The summed E-state index contributed by atoms with van der Waals surface area (Å²) in [5.74, 6) is -1.30. The third-order valence-electron chi connectivity index (χ3n) is 1.43. The van der Waals surface area contributed by atoms with Crippen molar-refractivity contribution in [2.75, 3.05) is 12.4 Å². The summed E-state index contributed by atoms with van der Waals surface area (Å²) in [5, 5.41) is 2.21. The molecule has 0 amide bonds. The van der Waals surface area contributed by atoms with Gasteiger partial charge in [0.05, 0.1) is 0 Å². The van der Waals surface area contributed by atoms with Gasteiger partial charge in [-0.25, -0.2) is 4.98 Å². The van der Waals surface area contributed by atoms with Crippen LogP contribution in [0.1, 0.15) is 5.69 Å². The Balaban J connectivity index is 3.11. The molecule has 4 nitrogen and oxygen atoms in total. The molecule has 9 heteroatoms. The molecule has 0 aliphatic rings. The minimum absolute atomic E-state index is 0.299. The minimum atomic E-state index is -4.76. The lowest BCUT2D eigenvalue weighted by atomic mass is 10.4. The molecular formula is C7H6F5N3O. The maximum atomic E-state index is 12.3. The van der Waals surface area contributed by atoms with Crippen LogP contribution in [0.15, 0.2) is 6.07 Å². The van der Waals surface area contributed by atoms with Crippen molar-refractivity contribution in [2.24, 2.45) is 0 Å². The molecule has 0 aliphatic heterocycles. The summed E-state index contributed by atoms with van der Waals surface area (Å²) in [5.41, 5.74) is -1.36. The fourth-order valence-electron chi connectivity index (χ4n) is 0.834. The predicted molar refractivity (Wildman–Crippen MR) is 43.2 cm³/mol. The molecule has 0 saturated carbocycles. The third kappa shape index (κ3) is 3.17. The number of hydrogen-bond donors (Lipinski definition) is 1. The van der Waals surface area contributed by atoms with Crippen LogP contribution < -0.4 is 10.1 Å². The molecule has 0 saturated heterocycles. The first-order valence-electron chi connectivity index (χ1n) is 3.91. The van der Waals surface area contributed by atoms with Gasteiger partial charge in [-0.1, -0.05) is 0 Å². The van der Waals surface area contributed by atoms with Gasteiger partial charge in [-0.2, -0.15) is 26.9 Å². The quantitative estimate of drug-likeness (QED) is 0.826. The second-order valence-corrected chi connectivity index (χ2v) is 2.54. The van der Waals surface area contributed by atoms with Crippen LogP contribution in [-0.2, 0) is 6.18 Å². The van der Waals surface area contributed by atoms with Crippen molar-refractivity contribution in [3.8, 4) is 5.88 Å². The minimum Gasteiger partial charge on any atom is -0.417 e. The smallest absolute Gasteiger partial charge is 0.417 e. The molecule has 0 atom stereocenters. The number of anilines is 1. The summed E-state index contributed by atoms with van der Waals surface area (Å²) < 4.78 is 64.1. The molecule has 0 aromatic carbocycles. The highest BCUT2D eigenvalue weighted by molar-refractivity contribution is 5.31. The van der Waals surface area contributed by atoms with Crippen molar-refractivity contribution in [3.63, 3.8) is 0 Å². The lowest BCUT2D eigenvalue weighted by molar-refractivity contribution is -0.141. The SMILES string of the molecule is CNc1nc(OC(F)F)cc(C(F)(F)F)n1. The van der Waals surface area contributed by atoms with Gasteiger partial charge in [0.1, 0.15) is 0 Å².